The summed E-state index contributed by atoms with van der Waals surface area (Å²) >= 11 is 1.57. The van der Waals surface area contributed by atoms with Gasteiger partial charge in [-0.05, 0) is 66.6 Å². The Morgan fingerprint density at radius 1 is 0.812 bits per heavy atom. The van der Waals surface area contributed by atoms with Crippen LogP contribution in [0.4, 0.5) is 22.1 Å². The van der Waals surface area contributed by atoms with E-state index in [1.165, 1.54) is 17.2 Å². The van der Waals surface area contributed by atoms with Gasteiger partial charge in [0.25, 0.3) is 0 Å². The molecule has 3 aromatic carbocycles. The SMILES string of the molecule is Cc1ccc(N(c2ccc(C)cc2)c2ccc(-c3ccc([N+](=O)[O-])c4nonc34)s2)cc1. The van der Waals surface area contributed by atoms with E-state index in [9.17, 15) is 10.1 Å². The summed E-state index contributed by atoms with van der Waals surface area (Å²) in [6, 6.07) is 23.9. The first-order valence-electron chi connectivity index (χ1n) is 9.94. The third-order valence-electron chi connectivity index (χ3n) is 5.25. The number of benzene rings is 3. The Balaban J connectivity index is 1.62. The zero-order chi connectivity index (χ0) is 22.2. The highest BCUT2D eigenvalue weighted by molar-refractivity contribution is 7.19. The second kappa shape index (κ2) is 7.90. The smallest absolute Gasteiger partial charge is 0.300 e. The van der Waals surface area contributed by atoms with E-state index in [1.54, 1.807) is 17.4 Å². The fourth-order valence-corrected chi connectivity index (χ4v) is 4.66. The van der Waals surface area contributed by atoms with Gasteiger partial charge in [-0.3, -0.25) is 10.1 Å². The first-order chi connectivity index (χ1) is 15.5. The van der Waals surface area contributed by atoms with Crippen LogP contribution in [0, 0.1) is 24.0 Å². The zero-order valence-corrected chi connectivity index (χ0v) is 18.2. The summed E-state index contributed by atoms with van der Waals surface area (Å²) in [4.78, 5) is 13.9. The van der Waals surface area contributed by atoms with E-state index in [4.69, 9.17) is 4.63 Å². The summed E-state index contributed by atoms with van der Waals surface area (Å²) in [7, 11) is 0. The van der Waals surface area contributed by atoms with Gasteiger partial charge < -0.3 is 4.90 Å². The summed E-state index contributed by atoms with van der Waals surface area (Å²) in [6.45, 7) is 4.13. The maximum Gasteiger partial charge on any atom is 0.300 e. The monoisotopic (exact) mass is 442 g/mol. The Kier molecular flexibility index (Phi) is 4.91. The molecule has 0 N–H and O–H groups in total. The molecule has 0 saturated heterocycles. The minimum atomic E-state index is -0.479. The number of thiophene rings is 1. The molecule has 0 aliphatic carbocycles. The van der Waals surface area contributed by atoms with Gasteiger partial charge in [0.15, 0.2) is 5.52 Å². The van der Waals surface area contributed by atoms with Crippen LogP contribution in [0.3, 0.4) is 0 Å². The van der Waals surface area contributed by atoms with E-state index in [0.29, 0.717) is 5.52 Å². The minimum Gasteiger partial charge on any atom is -0.302 e. The molecule has 8 heteroatoms. The number of rotatable bonds is 5. The maximum absolute atomic E-state index is 11.3. The number of nitro groups is 1. The highest BCUT2D eigenvalue weighted by atomic mass is 32.1. The van der Waals surface area contributed by atoms with E-state index in [-0.39, 0.29) is 11.2 Å². The van der Waals surface area contributed by atoms with Crippen molar-refractivity contribution in [2.24, 2.45) is 0 Å². The highest BCUT2D eigenvalue weighted by Crippen LogP contribution is 2.43. The van der Waals surface area contributed by atoms with Gasteiger partial charge in [-0.25, -0.2) is 4.63 Å². The van der Waals surface area contributed by atoms with Crippen LogP contribution in [-0.2, 0) is 0 Å². The van der Waals surface area contributed by atoms with Gasteiger partial charge in [0.1, 0.15) is 5.00 Å². The number of non-ortho nitro benzene ring substituents is 1. The molecule has 0 spiro atoms. The third kappa shape index (κ3) is 3.50. The first-order valence-corrected chi connectivity index (χ1v) is 10.8. The van der Waals surface area contributed by atoms with Crippen LogP contribution in [0.2, 0.25) is 0 Å². The van der Waals surface area contributed by atoms with E-state index >= 15 is 0 Å². The average Bonchev–Trinajstić information content (AvgIpc) is 3.46. The lowest BCUT2D eigenvalue weighted by Crippen LogP contribution is -2.08. The number of nitro benzene ring substituents is 1. The van der Waals surface area contributed by atoms with Gasteiger partial charge in [-0.15, -0.1) is 11.3 Å². The second-order valence-corrected chi connectivity index (χ2v) is 8.56. The van der Waals surface area contributed by atoms with Crippen molar-refractivity contribution in [2.75, 3.05) is 4.90 Å². The number of fused-ring (bicyclic) bond motifs is 1. The molecule has 0 amide bonds. The van der Waals surface area contributed by atoms with Crippen molar-refractivity contribution in [2.45, 2.75) is 13.8 Å². The van der Waals surface area contributed by atoms with Crippen molar-refractivity contribution < 1.29 is 9.55 Å². The third-order valence-corrected chi connectivity index (χ3v) is 6.36. The van der Waals surface area contributed by atoms with Crippen molar-refractivity contribution in [3.63, 3.8) is 0 Å². The number of aromatic nitrogens is 2. The van der Waals surface area contributed by atoms with Gasteiger partial charge >= 0.3 is 5.69 Å². The van der Waals surface area contributed by atoms with Gasteiger partial charge in [-0.1, -0.05) is 35.4 Å². The quantitative estimate of drug-likeness (QED) is 0.216. The largest absolute Gasteiger partial charge is 0.302 e. The van der Waals surface area contributed by atoms with Crippen LogP contribution in [0.5, 0.6) is 0 Å². The summed E-state index contributed by atoms with van der Waals surface area (Å²) < 4.78 is 4.82. The molecule has 0 unspecified atom stereocenters. The molecule has 32 heavy (non-hydrogen) atoms. The molecule has 5 rings (SSSR count). The zero-order valence-electron chi connectivity index (χ0n) is 17.4. The summed E-state index contributed by atoms with van der Waals surface area (Å²) in [5, 5.41) is 20.0. The molecule has 0 radical (unpaired) electrons. The van der Waals surface area contributed by atoms with E-state index in [0.717, 1.165) is 26.8 Å². The van der Waals surface area contributed by atoms with Crippen molar-refractivity contribution >= 4 is 44.4 Å². The Morgan fingerprint density at radius 3 is 2.00 bits per heavy atom. The lowest BCUT2D eigenvalue weighted by Gasteiger charge is -2.24. The number of hydrogen-bond acceptors (Lipinski definition) is 7. The van der Waals surface area contributed by atoms with Crippen molar-refractivity contribution in [1.29, 1.82) is 0 Å². The normalized spacial score (nSPS) is 11.1. The fraction of sp³-hybridized carbons (Fsp3) is 0.0833. The molecule has 158 valence electrons. The van der Waals surface area contributed by atoms with E-state index in [2.05, 4.69) is 77.6 Å². The van der Waals surface area contributed by atoms with Gasteiger partial charge in [-0.2, -0.15) is 0 Å². The molecule has 5 aromatic rings. The van der Waals surface area contributed by atoms with Gasteiger partial charge in [0, 0.05) is 27.9 Å². The molecule has 2 heterocycles. The van der Waals surface area contributed by atoms with E-state index in [1.807, 2.05) is 12.1 Å². The summed E-state index contributed by atoms with van der Waals surface area (Å²) in [5.74, 6) is 0. The fourth-order valence-electron chi connectivity index (χ4n) is 3.58. The lowest BCUT2D eigenvalue weighted by atomic mass is 10.1. The molecular weight excluding hydrogens is 424 g/mol. The number of aryl methyl sites for hydroxylation is 2. The van der Waals surface area contributed by atoms with Crippen LogP contribution in [-0.4, -0.2) is 15.2 Å². The van der Waals surface area contributed by atoms with Crippen LogP contribution < -0.4 is 4.90 Å². The predicted octanol–water partition coefficient (Wildman–Crippen LogP) is 6.95. The molecule has 0 aliphatic rings. The molecule has 0 fully saturated rings. The number of anilines is 3. The van der Waals surface area contributed by atoms with Crippen LogP contribution in [0.1, 0.15) is 11.1 Å². The van der Waals surface area contributed by atoms with Crippen molar-refractivity contribution in [1.82, 2.24) is 10.3 Å². The first kappa shape index (κ1) is 19.9. The van der Waals surface area contributed by atoms with Gasteiger partial charge in [0.2, 0.25) is 5.52 Å². The molecule has 0 atom stereocenters. The van der Waals surface area contributed by atoms with Crippen molar-refractivity contribution in [3.8, 4) is 10.4 Å². The maximum atomic E-state index is 11.3. The van der Waals surface area contributed by atoms with Crippen molar-refractivity contribution in [3.05, 3.63) is 94.0 Å². The minimum absolute atomic E-state index is 0.122. The lowest BCUT2D eigenvalue weighted by molar-refractivity contribution is -0.383. The van der Waals surface area contributed by atoms with Crippen LogP contribution in [0.15, 0.2) is 77.4 Å². The molecule has 0 bridgehead atoms. The van der Waals surface area contributed by atoms with E-state index < -0.39 is 4.92 Å². The number of nitrogens with zero attached hydrogens (tertiary/aromatic N) is 4. The Labute approximate surface area is 187 Å². The topological polar surface area (TPSA) is 85.3 Å². The predicted molar refractivity (Wildman–Crippen MR) is 126 cm³/mol. The average molecular weight is 443 g/mol. The Morgan fingerprint density at radius 2 is 1.41 bits per heavy atom. The molecular formula is C24H18N4O3S. The Bertz CT molecular complexity index is 1380. The Hall–Kier alpha value is -4.04. The molecule has 0 aliphatic heterocycles. The van der Waals surface area contributed by atoms with Crippen LogP contribution >= 0.6 is 11.3 Å². The molecule has 2 aromatic heterocycles. The number of hydrogen-bond donors (Lipinski definition) is 0. The second-order valence-electron chi connectivity index (χ2n) is 7.50. The van der Waals surface area contributed by atoms with Gasteiger partial charge in [0.05, 0.1) is 4.92 Å². The van der Waals surface area contributed by atoms with Crippen LogP contribution in [0.25, 0.3) is 21.5 Å². The standard InChI is InChI=1S/C24H18N4O3S/c1-15-3-7-17(8-4-15)27(18-9-5-16(2)6-10-18)22-14-13-21(32-22)19-11-12-20(28(29)30)24-23(19)25-31-26-24/h3-14H,1-2H3. The highest BCUT2D eigenvalue weighted by Gasteiger charge is 2.22. The molecule has 0 saturated carbocycles. The molecule has 7 nitrogen and oxygen atoms in total. The summed E-state index contributed by atoms with van der Waals surface area (Å²) in [5.41, 5.74) is 5.63. The summed E-state index contributed by atoms with van der Waals surface area (Å²) in [6.07, 6.45) is 0.